The number of carbonyl (C=O) groups excluding carboxylic acids is 1. The first-order valence-electron chi connectivity index (χ1n) is 5.08. The minimum absolute atomic E-state index is 0.244. The largest absolute Gasteiger partial charge is 0.322 e. The van der Waals surface area contributed by atoms with Gasteiger partial charge in [-0.05, 0) is 36.4 Å². The fourth-order valence-corrected chi connectivity index (χ4v) is 1.81. The van der Waals surface area contributed by atoms with Crippen molar-refractivity contribution in [2.75, 3.05) is 5.32 Å². The normalized spacial score (nSPS) is 10.2. The van der Waals surface area contributed by atoms with Gasteiger partial charge in [0.25, 0.3) is 5.91 Å². The second kappa shape index (κ2) is 5.38. The first-order valence-corrected chi connectivity index (χ1v) is 5.84. The van der Waals surface area contributed by atoms with Crippen LogP contribution in [0.5, 0.6) is 0 Å². The molecule has 92 valence electrons. The van der Waals surface area contributed by atoms with Crippen LogP contribution in [0.3, 0.4) is 0 Å². The maximum absolute atomic E-state index is 13.0. The minimum Gasteiger partial charge on any atom is -0.322 e. The van der Waals surface area contributed by atoms with Crippen LogP contribution in [0.25, 0.3) is 0 Å². The number of hydrogen-bond acceptors (Lipinski definition) is 1. The number of anilines is 1. The molecule has 18 heavy (non-hydrogen) atoms. The highest BCUT2D eigenvalue weighted by Crippen LogP contribution is 2.22. The Kier molecular flexibility index (Phi) is 3.84. The van der Waals surface area contributed by atoms with E-state index in [-0.39, 0.29) is 10.6 Å². The van der Waals surface area contributed by atoms with E-state index in [1.165, 1.54) is 30.3 Å². The lowest BCUT2D eigenvalue weighted by Gasteiger charge is -2.07. The van der Waals surface area contributed by atoms with Crippen LogP contribution in [0.4, 0.5) is 10.1 Å². The van der Waals surface area contributed by atoms with Crippen LogP contribution in [0.2, 0.25) is 10.0 Å². The highest BCUT2D eigenvalue weighted by atomic mass is 35.5. The second-order valence-corrected chi connectivity index (χ2v) is 4.43. The van der Waals surface area contributed by atoms with Crippen LogP contribution >= 0.6 is 23.2 Å². The summed E-state index contributed by atoms with van der Waals surface area (Å²) in [6.45, 7) is 0. The van der Waals surface area contributed by atoms with E-state index in [4.69, 9.17) is 23.2 Å². The van der Waals surface area contributed by atoms with Gasteiger partial charge in [0.15, 0.2) is 0 Å². The first-order chi connectivity index (χ1) is 8.56. The topological polar surface area (TPSA) is 29.1 Å². The van der Waals surface area contributed by atoms with E-state index in [0.717, 1.165) is 0 Å². The zero-order valence-electron chi connectivity index (χ0n) is 9.08. The van der Waals surface area contributed by atoms with Gasteiger partial charge in [-0.2, -0.15) is 0 Å². The van der Waals surface area contributed by atoms with E-state index in [2.05, 4.69) is 5.32 Å². The van der Waals surface area contributed by atoms with Crippen molar-refractivity contribution in [3.63, 3.8) is 0 Å². The Labute approximate surface area is 113 Å². The van der Waals surface area contributed by atoms with Crippen molar-refractivity contribution in [3.05, 3.63) is 63.9 Å². The van der Waals surface area contributed by atoms with Crippen LogP contribution in [0.15, 0.2) is 42.5 Å². The lowest BCUT2D eigenvalue weighted by atomic mass is 10.2. The standard InChI is InChI=1S/C13H8Cl2FNO/c14-8-4-5-12(15)11(6-8)13(18)17-10-3-1-2-9(16)7-10/h1-7H,(H,17,18). The van der Waals surface area contributed by atoms with Gasteiger partial charge in [0.05, 0.1) is 10.6 Å². The molecule has 0 unspecified atom stereocenters. The Hall–Kier alpha value is -1.58. The maximum Gasteiger partial charge on any atom is 0.257 e. The molecule has 0 saturated heterocycles. The molecular weight excluding hydrogens is 276 g/mol. The number of carbonyl (C=O) groups is 1. The van der Waals surface area contributed by atoms with Gasteiger partial charge < -0.3 is 5.32 Å². The van der Waals surface area contributed by atoms with Crippen LogP contribution in [-0.4, -0.2) is 5.91 Å². The van der Waals surface area contributed by atoms with E-state index in [1.807, 2.05) is 0 Å². The molecule has 0 aliphatic heterocycles. The average Bonchev–Trinajstić information content (AvgIpc) is 2.32. The molecule has 0 saturated carbocycles. The Morgan fingerprint density at radius 3 is 2.61 bits per heavy atom. The predicted molar refractivity (Wildman–Crippen MR) is 70.8 cm³/mol. The van der Waals surface area contributed by atoms with Gasteiger partial charge >= 0.3 is 0 Å². The third-order valence-electron chi connectivity index (χ3n) is 2.26. The number of halogens is 3. The molecule has 2 aromatic carbocycles. The van der Waals surface area contributed by atoms with Gasteiger partial charge in [-0.25, -0.2) is 4.39 Å². The van der Waals surface area contributed by atoms with E-state index in [0.29, 0.717) is 10.7 Å². The molecule has 0 aliphatic carbocycles. The molecule has 2 rings (SSSR count). The molecule has 0 radical (unpaired) electrons. The lowest BCUT2D eigenvalue weighted by molar-refractivity contribution is 0.102. The second-order valence-electron chi connectivity index (χ2n) is 3.59. The van der Waals surface area contributed by atoms with Crippen molar-refractivity contribution < 1.29 is 9.18 Å². The summed E-state index contributed by atoms with van der Waals surface area (Å²) in [7, 11) is 0. The maximum atomic E-state index is 13.0. The Balaban J connectivity index is 2.24. The molecular formula is C13H8Cl2FNO. The molecule has 0 spiro atoms. The van der Waals surface area contributed by atoms with Crippen molar-refractivity contribution in [2.45, 2.75) is 0 Å². The lowest BCUT2D eigenvalue weighted by Crippen LogP contribution is -2.12. The third kappa shape index (κ3) is 3.00. The fraction of sp³-hybridized carbons (Fsp3) is 0. The van der Waals surface area contributed by atoms with Crippen molar-refractivity contribution in [3.8, 4) is 0 Å². The molecule has 0 atom stereocenters. The minimum atomic E-state index is -0.437. The van der Waals surface area contributed by atoms with Gasteiger partial charge in [0.1, 0.15) is 5.82 Å². The Morgan fingerprint density at radius 2 is 1.89 bits per heavy atom. The summed E-state index contributed by atoms with van der Waals surface area (Å²) in [6, 6.07) is 10.2. The first kappa shape index (κ1) is 12.9. The highest BCUT2D eigenvalue weighted by molar-refractivity contribution is 6.36. The van der Waals surface area contributed by atoms with Crippen LogP contribution < -0.4 is 5.32 Å². The summed E-state index contributed by atoms with van der Waals surface area (Å²) >= 11 is 11.7. The summed E-state index contributed by atoms with van der Waals surface area (Å²) in [6.07, 6.45) is 0. The molecule has 5 heteroatoms. The van der Waals surface area contributed by atoms with Crippen LogP contribution in [0.1, 0.15) is 10.4 Å². The zero-order valence-corrected chi connectivity index (χ0v) is 10.6. The number of benzene rings is 2. The fourth-order valence-electron chi connectivity index (χ4n) is 1.44. The highest BCUT2D eigenvalue weighted by Gasteiger charge is 2.11. The summed E-state index contributed by atoms with van der Waals surface area (Å²) in [5, 5.41) is 3.24. The molecule has 0 heterocycles. The van der Waals surface area contributed by atoms with Crippen molar-refractivity contribution in [2.24, 2.45) is 0 Å². The average molecular weight is 284 g/mol. The zero-order chi connectivity index (χ0) is 13.1. The number of hydrogen-bond donors (Lipinski definition) is 1. The van der Waals surface area contributed by atoms with Crippen molar-refractivity contribution >= 4 is 34.8 Å². The van der Waals surface area contributed by atoms with E-state index < -0.39 is 11.7 Å². The molecule has 0 aromatic heterocycles. The van der Waals surface area contributed by atoms with E-state index in [1.54, 1.807) is 12.1 Å². The quantitative estimate of drug-likeness (QED) is 0.870. The Morgan fingerprint density at radius 1 is 1.11 bits per heavy atom. The SMILES string of the molecule is O=C(Nc1cccc(F)c1)c1cc(Cl)ccc1Cl. The van der Waals surface area contributed by atoms with Gasteiger partial charge in [0.2, 0.25) is 0 Å². The molecule has 2 nitrogen and oxygen atoms in total. The monoisotopic (exact) mass is 283 g/mol. The summed E-state index contributed by atoms with van der Waals surface area (Å²) in [4.78, 5) is 11.9. The molecule has 1 N–H and O–H groups in total. The van der Waals surface area contributed by atoms with Crippen LogP contribution in [-0.2, 0) is 0 Å². The molecule has 0 fully saturated rings. The smallest absolute Gasteiger partial charge is 0.257 e. The molecule has 2 aromatic rings. The Bertz CT molecular complexity index is 601. The molecule has 0 bridgehead atoms. The number of rotatable bonds is 2. The van der Waals surface area contributed by atoms with Crippen molar-refractivity contribution in [1.82, 2.24) is 0 Å². The summed E-state index contributed by atoms with van der Waals surface area (Å²) in [5.41, 5.74) is 0.601. The summed E-state index contributed by atoms with van der Waals surface area (Å²) in [5.74, 6) is -0.863. The van der Waals surface area contributed by atoms with Gasteiger partial charge in [0, 0.05) is 10.7 Å². The van der Waals surface area contributed by atoms with Gasteiger partial charge in [-0.1, -0.05) is 29.3 Å². The van der Waals surface area contributed by atoms with Gasteiger partial charge in [-0.3, -0.25) is 4.79 Å². The van der Waals surface area contributed by atoms with Gasteiger partial charge in [-0.15, -0.1) is 0 Å². The molecule has 0 aliphatic rings. The van der Waals surface area contributed by atoms with E-state index >= 15 is 0 Å². The van der Waals surface area contributed by atoms with Crippen LogP contribution in [0, 0.1) is 5.82 Å². The molecule has 1 amide bonds. The summed E-state index contributed by atoms with van der Waals surface area (Å²) < 4.78 is 13.0. The predicted octanol–water partition coefficient (Wildman–Crippen LogP) is 4.38. The van der Waals surface area contributed by atoms with Crippen molar-refractivity contribution in [1.29, 1.82) is 0 Å². The van der Waals surface area contributed by atoms with E-state index in [9.17, 15) is 9.18 Å². The number of amides is 1. The number of nitrogens with one attached hydrogen (secondary N) is 1. The third-order valence-corrected chi connectivity index (χ3v) is 2.82.